The van der Waals surface area contributed by atoms with Gasteiger partial charge in [-0.05, 0) is 12.5 Å². The highest BCUT2D eigenvalue weighted by molar-refractivity contribution is 8.00. The molecule has 1 nitrogen and oxygen atoms in total. The number of benzene rings is 1. The Bertz CT molecular complexity index is 410. The Kier molecular flexibility index (Phi) is 4.80. The van der Waals surface area contributed by atoms with Crippen molar-refractivity contribution in [3.8, 4) is 0 Å². The average Bonchev–Trinajstić information content (AvgIpc) is 2.35. The lowest BCUT2D eigenvalue weighted by Crippen LogP contribution is -2.44. The van der Waals surface area contributed by atoms with Crippen molar-refractivity contribution in [3.05, 3.63) is 29.8 Å². The Morgan fingerprint density at radius 2 is 1.79 bits per heavy atom. The molecule has 0 saturated carbocycles. The van der Waals surface area contributed by atoms with Crippen LogP contribution >= 0.6 is 11.8 Å². The van der Waals surface area contributed by atoms with E-state index in [1.54, 1.807) is 5.19 Å². The summed E-state index contributed by atoms with van der Waals surface area (Å²) in [6.45, 7) is 14.3. The summed E-state index contributed by atoms with van der Waals surface area (Å²) in [4.78, 5) is 2.63. The van der Waals surface area contributed by atoms with E-state index in [1.807, 2.05) is 0 Å². The van der Waals surface area contributed by atoms with Crippen LogP contribution in [0.4, 0.5) is 0 Å². The van der Waals surface area contributed by atoms with Gasteiger partial charge in [0, 0.05) is 30.1 Å². The van der Waals surface area contributed by atoms with Crippen LogP contribution in [-0.4, -0.2) is 36.6 Å². The summed E-state index contributed by atoms with van der Waals surface area (Å²) in [5, 5.41) is 2.32. The van der Waals surface area contributed by atoms with Crippen molar-refractivity contribution in [2.24, 2.45) is 0 Å². The molecule has 2 unspecified atom stereocenters. The first-order chi connectivity index (χ1) is 8.88. The van der Waals surface area contributed by atoms with Gasteiger partial charge in [-0.2, -0.15) is 11.8 Å². The molecule has 0 aliphatic carbocycles. The largest absolute Gasteiger partial charge is 0.295 e. The van der Waals surface area contributed by atoms with Crippen molar-refractivity contribution < 1.29 is 0 Å². The average molecular weight is 294 g/mol. The predicted octanol–water partition coefficient (Wildman–Crippen LogP) is 3.56. The molecule has 1 fully saturated rings. The van der Waals surface area contributed by atoms with Gasteiger partial charge in [0.1, 0.15) is 0 Å². The van der Waals surface area contributed by atoms with Crippen molar-refractivity contribution in [1.29, 1.82) is 0 Å². The predicted molar refractivity (Wildman–Crippen MR) is 91.2 cm³/mol. The molecule has 2 atom stereocenters. The number of hydrogen-bond acceptors (Lipinski definition) is 2. The fourth-order valence-corrected chi connectivity index (χ4v) is 4.89. The molecule has 0 N–H and O–H groups in total. The lowest BCUT2D eigenvalue weighted by Gasteiger charge is -2.37. The minimum Gasteiger partial charge on any atom is -0.295 e. The van der Waals surface area contributed by atoms with Gasteiger partial charge in [0.25, 0.3) is 0 Å². The maximum absolute atomic E-state index is 2.63. The summed E-state index contributed by atoms with van der Waals surface area (Å²) in [5.41, 5.74) is 1.47. The molecule has 1 aromatic carbocycles. The van der Waals surface area contributed by atoms with Crippen molar-refractivity contribution >= 4 is 25.0 Å². The maximum atomic E-state index is 2.63. The summed E-state index contributed by atoms with van der Waals surface area (Å²) in [7, 11) is -1.15. The van der Waals surface area contributed by atoms with Crippen LogP contribution < -0.4 is 5.19 Å². The Balaban J connectivity index is 2.03. The molecule has 0 aromatic heterocycles. The third-order valence-corrected chi connectivity index (χ3v) is 7.62. The van der Waals surface area contributed by atoms with Gasteiger partial charge in [0.15, 0.2) is 0 Å². The van der Waals surface area contributed by atoms with Crippen LogP contribution in [-0.2, 0) is 6.54 Å². The number of nitrogens with zero attached hydrogens (tertiary/aromatic N) is 1. The van der Waals surface area contributed by atoms with E-state index in [4.69, 9.17) is 0 Å². The molecule has 1 aliphatic rings. The topological polar surface area (TPSA) is 3.24 Å². The van der Waals surface area contributed by atoms with Crippen molar-refractivity contribution in [2.45, 2.75) is 51.3 Å². The third kappa shape index (κ3) is 3.86. The molecular weight excluding hydrogens is 266 g/mol. The second kappa shape index (κ2) is 6.02. The van der Waals surface area contributed by atoms with Gasteiger partial charge in [-0.15, -0.1) is 0 Å². The zero-order valence-corrected chi connectivity index (χ0v) is 14.8. The first kappa shape index (κ1) is 15.1. The first-order valence-corrected chi connectivity index (χ1v) is 11.9. The zero-order valence-electron chi connectivity index (χ0n) is 12.9. The van der Waals surface area contributed by atoms with Crippen LogP contribution in [0.2, 0.25) is 19.6 Å². The standard InChI is InChI=1S/C16H27NSSi/c1-13-14(2)18-11-10-17(13)12-15-6-8-16(9-7-15)19(3,4)5/h6-9,13-14H,10-12H2,1-5H3. The van der Waals surface area contributed by atoms with E-state index in [0.717, 1.165) is 11.8 Å². The highest BCUT2D eigenvalue weighted by Gasteiger charge is 2.25. The molecular formula is C16H27NSSi. The van der Waals surface area contributed by atoms with Crippen LogP contribution in [0.5, 0.6) is 0 Å². The molecule has 0 spiro atoms. The van der Waals surface area contributed by atoms with Gasteiger partial charge in [0.05, 0.1) is 8.07 Å². The van der Waals surface area contributed by atoms with Crippen molar-refractivity contribution in [2.75, 3.05) is 12.3 Å². The summed E-state index contributed by atoms with van der Waals surface area (Å²) in [6.07, 6.45) is 0. The Morgan fingerprint density at radius 1 is 1.16 bits per heavy atom. The quantitative estimate of drug-likeness (QED) is 0.784. The van der Waals surface area contributed by atoms with Crippen LogP contribution in [0, 0.1) is 0 Å². The highest BCUT2D eigenvalue weighted by atomic mass is 32.2. The Hall–Kier alpha value is -0.253. The zero-order chi connectivity index (χ0) is 14.0. The van der Waals surface area contributed by atoms with Crippen LogP contribution in [0.1, 0.15) is 19.4 Å². The third-order valence-electron chi connectivity index (χ3n) is 4.22. The van der Waals surface area contributed by atoms with Gasteiger partial charge in [-0.1, -0.05) is 56.0 Å². The molecule has 1 aromatic rings. The summed E-state index contributed by atoms with van der Waals surface area (Å²) < 4.78 is 0. The molecule has 0 amide bonds. The SMILES string of the molecule is CC1SCCN(Cc2ccc([Si](C)(C)C)cc2)C1C. The first-order valence-electron chi connectivity index (χ1n) is 7.33. The number of hydrogen-bond donors (Lipinski definition) is 0. The number of rotatable bonds is 3. The van der Waals surface area contributed by atoms with Crippen molar-refractivity contribution in [1.82, 2.24) is 4.90 Å². The van der Waals surface area contributed by atoms with Gasteiger partial charge in [-0.25, -0.2) is 0 Å². The number of thioether (sulfide) groups is 1. The highest BCUT2D eigenvalue weighted by Crippen LogP contribution is 2.25. The maximum Gasteiger partial charge on any atom is 0.0775 e. The minimum absolute atomic E-state index is 0.690. The lowest BCUT2D eigenvalue weighted by molar-refractivity contribution is 0.204. The minimum atomic E-state index is -1.15. The molecule has 0 bridgehead atoms. The molecule has 19 heavy (non-hydrogen) atoms. The van der Waals surface area contributed by atoms with Gasteiger partial charge < -0.3 is 0 Å². The molecule has 1 saturated heterocycles. The smallest absolute Gasteiger partial charge is 0.0775 e. The monoisotopic (exact) mass is 293 g/mol. The molecule has 1 aliphatic heterocycles. The fraction of sp³-hybridized carbons (Fsp3) is 0.625. The van der Waals surface area contributed by atoms with Crippen molar-refractivity contribution in [3.63, 3.8) is 0 Å². The molecule has 0 radical (unpaired) electrons. The molecule has 3 heteroatoms. The van der Waals surface area contributed by atoms with E-state index in [9.17, 15) is 0 Å². The molecule has 2 rings (SSSR count). The second-order valence-corrected chi connectivity index (χ2v) is 13.3. The van der Waals surface area contributed by atoms with Crippen LogP contribution in [0.15, 0.2) is 24.3 Å². The van der Waals surface area contributed by atoms with Gasteiger partial charge in [-0.3, -0.25) is 4.90 Å². The van der Waals surface area contributed by atoms with E-state index in [1.165, 1.54) is 17.9 Å². The summed E-state index contributed by atoms with van der Waals surface area (Å²) >= 11 is 2.11. The molecule has 1 heterocycles. The summed E-state index contributed by atoms with van der Waals surface area (Å²) in [6, 6.07) is 10.1. The lowest BCUT2D eigenvalue weighted by atomic mass is 10.1. The Labute approximate surface area is 123 Å². The second-order valence-electron chi connectivity index (χ2n) is 6.73. The summed E-state index contributed by atoms with van der Waals surface area (Å²) in [5.74, 6) is 1.28. The Morgan fingerprint density at radius 3 is 2.37 bits per heavy atom. The normalized spacial score (nSPS) is 25.5. The van der Waals surface area contributed by atoms with Crippen LogP contribution in [0.3, 0.4) is 0 Å². The molecule has 106 valence electrons. The van der Waals surface area contributed by atoms with Gasteiger partial charge >= 0.3 is 0 Å². The van der Waals surface area contributed by atoms with Crippen LogP contribution in [0.25, 0.3) is 0 Å². The van der Waals surface area contributed by atoms with E-state index in [2.05, 4.69) is 74.4 Å². The van der Waals surface area contributed by atoms with E-state index in [-0.39, 0.29) is 0 Å². The van der Waals surface area contributed by atoms with Gasteiger partial charge in [0.2, 0.25) is 0 Å². The van der Waals surface area contributed by atoms with E-state index >= 15 is 0 Å². The van der Waals surface area contributed by atoms with E-state index in [0.29, 0.717) is 6.04 Å². The fourth-order valence-electron chi connectivity index (χ4n) is 2.56. The van der Waals surface area contributed by atoms with E-state index < -0.39 is 8.07 Å².